The van der Waals surface area contributed by atoms with Crippen LogP contribution < -0.4 is 0 Å². The summed E-state index contributed by atoms with van der Waals surface area (Å²) in [5, 5.41) is 2.68. The van der Waals surface area contributed by atoms with Crippen LogP contribution in [0, 0.1) is 0 Å². The number of fused-ring (bicyclic) bond motifs is 4. The van der Waals surface area contributed by atoms with Crippen LogP contribution in [0.4, 0.5) is 0 Å². The zero-order valence-electron chi connectivity index (χ0n) is 24.6. The number of benzene rings is 5. The smallest absolute Gasteiger partial charge is 0.0673 e. The number of hydrogen-bond donors (Lipinski definition) is 0. The molecule has 0 amide bonds. The first-order valence-electron chi connectivity index (χ1n) is 15.8. The zero-order chi connectivity index (χ0) is 29.1. The standard InChI is InChI=1S/C43H32S/c1-3-13-29(14-4-1)33-19-11-21-37-38-22-12-20-34(42(38)44-41(33)37)30-25-27-32(28-26-30)43(31-15-5-2-6-16-31)39-23-9-7-17-35(39)36-18-8-10-24-40(36)43/h1-7,10-17,19-22,24-28H,8-9,18,23H2. The highest BCUT2D eigenvalue weighted by Crippen LogP contribution is 2.58. The lowest BCUT2D eigenvalue weighted by atomic mass is 9.64. The highest BCUT2D eigenvalue weighted by molar-refractivity contribution is 7.26. The summed E-state index contributed by atoms with van der Waals surface area (Å²) in [6.45, 7) is 0. The third-order valence-corrected chi connectivity index (χ3v) is 11.3. The molecule has 0 N–H and O–H groups in total. The van der Waals surface area contributed by atoms with Crippen molar-refractivity contribution in [2.24, 2.45) is 0 Å². The Labute approximate surface area is 263 Å². The Balaban J connectivity index is 1.22. The van der Waals surface area contributed by atoms with Crippen LogP contribution in [0.25, 0.3) is 42.4 Å². The Kier molecular flexibility index (Phi) is 5.96. The van der Waals surface area contributed by atoms with Crippen LogP contribution in [-0.2, 0) is 5.41 Å². The van der Waals surface area contributed by atoms with E-state index in [4.69, 9.17) is 0 Å². The van der Waals surface area contributed by atoms with Gasteiger partial charge in [0.25, 0.3) is 0 Å². The Hall–Kier alpha value is -4.72. The summed E-state index contributed by atoms with van der Waals surface area (Å²) in [5.41, 5.74) is 13.8. The molecule has 9 rings (SSSR count). The third kappa shape index (κ3) is 3.69. The Morgan fingerprint density at radius 2 is 1.09 bits per heavy atom. The van der Waals surface area contributed by atoms with Crippen molar-refractivity contribution in [3.63, 3.8) is 0 Å². The van der Waals surface area contributed by atoms with E-state index in [9.17, 15) is 0 Å². The third-order valence-electron chi connectivity index (χ3n) is 9.97. The lowest BCUT2D eigenvalue weighted by molar-refractivity contribution is 0.684. The SMILES string of the molecule is C1=CC2=C(CC1)C1=C(CCC=C1)C2(c1ccccc1)c1ccc(-c2cccc3c2sc2c(-c4ccccc4)cccc23)cc1. The van der Waals surface area contributed by atoms with Gasteiger partial charge in [0.1, 0.15) is 0 Å². The molecule has 210 valence electrons. The van der Waals surface area contributed by atoms with E-state index in [1.165, 1.54) is 64.7 Å². The number of rotatable bonds is 4. The molecule has 0 fully saturated rings. The van der Waals surface area contributed by atoms with Crippen molar-refractivity contribution < 1.29 is 0 Å². The average molecular weight is 581 g/mol. The second-order valence-corrected chi connectivity index (χ2v) is 13.2. The minimum Gasteiger partial charge on any atom is -0.134 e. The minimum atomic E-state index is -0.236. The predicted octanol–water partition coefficient (Wildman–Crippen LogP) is 12.0. The molecule has 3 aliphatic carbocycles. The zero-order valence-corrected chi connectivity index (χ0v) is 25.4. The fourth-order valence-electron chi connectivity index (χ4n) is 8.10. The predicted molar refractivity (Wildman–Crippen MR) is 188 cm³/mol. The van der Waals surface area contributed by atoms with E-state index in [0.717, 1.165) is 25.7 Å². The van der Waals surface area contributed by atoms with Gasteiger partial charge in [-0.05, 0) is 81.4 Å². The van der Waals surface area contributed by atoms with E-state index in [1.54, 1.807) is 11.1 Å². The van der Waals surface area contributed by atoms with Gasteiger partial charge in [0.15, 0.2) is 0 Å². The van der Waals surface area contributed by atoms with Crippen LogP contribution in [0.2, 0.25) is 0 Å². The molecular weight excluding hydrogens is 549 g/mol. The van der Waals surface area contributed by atoms with Crippen molar-refractivity contribution in [2.45, 2.75) is 31.1 Å². The van der Waals surface area contributed by atoms with Crippen LogP contribution in [-0.4, -0.2) is 0 Å². The monoisotopic (exact) mass is 580 g/mol. The van der Waals surface area contributed by atoms with Crippen LogP contribution >= 0.6 is 11.3 Å². The molecule has 0 saturated heterocycles. The number of thiophene rings is 1. The molecule has 0 bridgehead atoms. The summed E-state index contributed by atoms with van der Waals surface area (Å²) in [6.07, 6.45) is 14.1. The first-order chi connectivity index (χ1) is 21.8. The van der Waals surface area contributed by atoms with Crippen molar-refractivity contribution >= 4 is 31.5 Å². The van der Waals surface area contributed by atoms with E-state index in [0.29, 0.717) is 0 Å². The fourth-order valence-corrected chi connectivity index (χ4v) is 9.47. The second-order valence-electron chi connectivity index (χ2n) is 12.2. The maximum Gasteiger partial charge on any atom is 0.0673 e. The van der Waals surface area contributed by atoms with E-state index >= 15 is 0 Å². The summed E-state index contributed by atoms with van der Waals surface area (Å²) in [5.74, 6) is 0. The lowest BCUT2D eigenvalue weighted by Gasteiger charge is -2.38. The molecule has 3 aliphatic rings. The summed E-state index contributed by atoms with van der Waals surface area (Å²) in [7, 11) is 0. The summed E-state index contributed by atoms with van der Waals surface area (Å²) in [6, 6.07) is 45.2. The van der Waals surface area contributed by atoms with E-state index < -0.39 is 0 Å². The van der Waals surface area contributed by atoms with Gasteiger partial charge in [-0.3, -0.25) is 0 Å². The molecule has 0 saturated carbocycles. The molecule has 5 aromatic carbocycles. The van der Waals surface area contributed by atoms with Crippen molar-refractivity contribution in [3.8, 4) is 22.3 Å². The summed E-state index contributed by atoms with van der Waals surface area (Å²) < 4.78 is 2.72. The van der Waals surface area contributed by atoms with Gasteiger partial charge in [-0.2, -0.15) is 0 Å². The van der Waals surface area contributed by atoms with E-state index in [2.05, 4.69) is 146 Å². The number of hydrogen-bond acceptors (Lipinski definition) is 1. The van der Waals surface area contributed by atoms with E-state index in [1.807, 2.05) is 11.3 Å². The molecule has 1 atom stereocenters. The Morgan fingerprint density at radius 3 is 1.80 bits per heavy atom. The molecular formula is C43H32S. The molecule has 0 aliphatic heterocycles. The van der Waals surface area contributed by atoms with Crippen LogP contribution in [0.1, 0.15) is 36.8 Å². The molecule has 0 spiro atoms. The maximum atomic E-state index is 2.44. The van der Waals surface area contributed by atoms with Crippen molar-refractivity contribution in [3.05, 3.63) is 179 Å². The second kappa shape index (κ2) is 10.2. The molecule has 0 nitrogen and oxygen atoms in total. The normalized spacial score (nSPS) is 19.2. The van der Waals surface area contributed by atoms with Crippen molar-refractivity contribution in [1.29, 1.82) is 0 Å². The van der Waals surface area contributed by atoms with Crippen molar-refractivity contribution in [1.82, 2.24) is 0 Å². The molecule has 6 aromatic rings. The highest BCUT2D eigenvalue weighted by atomic mass is 32.1. The maximum absolute atomic E-state index is 2.44. The molecule has 0 radical (unpaired) electrons. The van der Waals surface area contributed by atoms with Gasteiger partial charge in [0.05, 0.1) is 5.41 Å². The average Bonchev–Trinajstić information content (AvgIpc) is 3.64. The molecule has 44 heavy (non-hydrogen) atoms. The van der Waals surface area contributed by atoms with Gasteiger partial charge in [0.2, 0.25) is 0 Å². The van der Waals surface area contributed by atoms with Crippen LogP contribution in [0.15, 0.2) is 168 Å². The van der Waals surface area contributed by atoms with Crippen LogP contribution in [0.5, 0.6) is 0 Å². The van der Waals surface area contributed by atoms with Crippen molar-refractivity contribution in [2.75, 3.05) is 0 Å². The number of allylic oxidation sites excluding steroid dienone is 8. The first kappa shape index (κ1) is 25.7. The largest absolute Gasteiger partial charge is 0.134 e. The highest BCUT2D eigenvalue weighted by Gasteiger charge is 2.48. The topological polar surface area (TPSA) is 0 Å². The summed E-state index contributed by atoms with van der Waals surface area (Å²) >= 11 is 1.93. The van der Waals surface area contributed by atoms with Gasteiger partial charge in [-0.25, -0.2) is 0 Å². The fraction of sp³-hybridized carbons (Fsp3) is 0.116. The molecule has 1 heterocycles. The van der Waals surface area contributed by atoms with Crippen LogP contribution in [0.3, 0.4) is 0 Å². The van der Waals surface area contributed by atoms with Gasteiger partial charge in [-0.1, -0.05) is 146 Å². The minimum absolute atomic E-state index is 0.236. The molecule has 1 aromatic heterocycles. The first-order valence-corrected chi connectivity index (χ1v) is 16.6. The van der Waals surface area contributed by atoms with Gasteiger partial charge in [0, 0.05) is 20.2 Å². The quantitative estimate of drug-likeness (QED) is 0.195. The van der Waals surface area contributed by atoms with E-state index in [-0.39, 0.29) is 5.41 Å². The molecule has 1 heteroatoms. The van der Waals surface area contributed by atoms with Gasteiger partial charge < -0.3 is 0 Å². The Morgan fingerprint density at radius 1 is 0.500 bits per heavy atom. The van der Waals surface area contributed by atoms with Gasteiger partial charge >= 0.3 is 0 Å². The lowest BCUT2D eigenvalue weighted by Crippen LogP contribution is -2.31. The van der Waals surface area contributed by atoms with Gasteiger partial charge in [-0.15, -0.1) is 11.3 Å². The molecule has 1 unspecified atom stereocenters. The Bertz CT molecular complexity index is 2190. The summed E-state index contributed by atoms with van der Waals surface area (Å²) in [4.78, 5) is 0.